The van der Waals surface area contributed by atoms with Gasteiger partial charge in [0.15, 0.2) is 0 Å². The lowest BCUT2D eigenvalue weighted by Gasteiger charge is -2.16. The van der Waals surface area contributed by atoms with Crippen LogP contribution in [-0.2, 0) is 0 Å². The number of anilines is 6. The number of aryl methyl sites for hydroxylation is 1. The number of pyridine rings is 1. The minimum absolute atomic E-state index is 0.0398. The van der Waals surface area contributed by atoms with Gasteiger partial charge >= 0.3 is 0 Å². The molecule has 0 amide bonds. The second-order valence-electron chi connectivity index (χ2n) is 7.46. The summed E-state index contributed by atoms with van der Waals surface area (Å²) in [5, 5.41) is 32.6. The van der Waals surface area contributed by atoms with E-state index in [0.717, 1.165) is 6.07 Å². The summed E-state index contributed by atoms with van der Waals surface area (Å²) in [4.78, 5) is 26.3. The molecule has 0 spiro atoms. The molecule has 3 aromatic carbocycles. The molecular formula is C24H19FN6O4. The first-order valence-corrected chi connectivity index (χ1v) is 10.4. The van der Waals surface area contributed by atoms with Crippen LogP contribution in [0.3, 0.4) is 0 Å². The molecule has 0 saturated heterocycles. The quantitative estimate of drug-likeness (QED) is 0.193. The van der Waals surface area contributed by atoms with E-state index < -0.39 is 21.2 Å². The summed E-state index contributed by atoms with van der Waals surface area (Å²) in [6, 6.07) is 18.2. The summed E-state index contributed by atoms with van der Waals surface area (Å²) in [6.45, 7) is 1.73. The summed E-state index contributed by atoms with van der Waals surface area (Å²) < 4.78 is 13.3. The fourth-order valence-electron chi connectivity index (χ4n) is 3.38. The molecule has 4 rings (SSSR count). The van der Waals surface area contributed by atoms with Gasteiger partial charge in [-0.1, -0.05) is 12.1 Å². The van der Waals surface area contributed by atoms with Gasteiger partial charge in [-0.05, 0) is 61.5 Å². The Bertz CT molecular complexity index is 1410. The van der Waals surface area contributed by atoms with Crippen LogP contribution in [0.5, 0.6) is 0 Å². The lowest BCUT2D eigenvalue weighted by Crippen LogP contribution is -2.04. The van der Waals surface area contributed by atoms with E-state index in [1.165, 1.54) is 18.2 Å². The first kappa shape index (κ1) is 23.1. The fourth-order valence-corrected chi connectivity index (χ4v) is 3.38. The van der Waals surface area contributed by atoms with Crippen molar-refractivity contribution < 1.29 is 14.2 Å². The summed E-state index contributed by atoms with van der Waals surface area (Å²) in [5.41, 5.74) is 1.93. The highest BCUT2D eigenvalue weighted by atomic mass is 19.1. The zero-order chi connectivity index (χ0) is 24.9. The van der Waals surface area contributed by atoms with Gasteiger partial charge < -0.3 is 16.0 Å². The minimum Gasteiger partial charge on any atom is -0.354 e. The van der Waals surface area contributed by atoms with E-state index in [-0.39, 0.29) is 17.2 Å². The Morgan fingerprint density at radius 2 is 1.26 bits per heavy atom. The molecule has 0 aliphatic heterocycles. The van der Waals surface area contributed by atoms with Crippen molar-refractivity contribution in [1.82, 2.24) is 4.98 Å². The summed E-state index contributed by atoms with van der Waals surface area (Å²) >= 11 is 0. The lowest BCUT2D eigenvalue weighted by molar-refractivity contribution is -0.393. The number of para-hydroxylation sites is 2. The molecule has 11 heteroatoms. The first-order valence-electron chi connectivity index (χ1n) is 10.4. The molecule has 0 aliphatic carbocycles. The van der Waals surface area contributed by atoms with Crippen LogP contribution in [0, 0.1) is 33.0 Å². The van der Waals surface area contributed by atoms with E-state index >= 15 is 0 Å². The van der Waals surface area contributed by atoms with Crippen LogP contribution in [0.15, 0.2) is 79.0 Å². The van der Waals surface area contributed by atoms with Gasteiger partial charge in [-0.3, -0.25) is 25.2 Å². The molecule has 0 atom stereocenters. The van der Waals surface area contributed by atoms with Crippen molar-refractivity contribution in [2.75, 3.05) is 16.0 Å². The van der Waals surface area contributed by atoms with E-state index in [1.807, 2.05) is 0 Å². The molecule has 35 heavy (non-hydrogen) atoms. The standard InChI is InChI=1S/C24H19FN6O4/c1-15-18(7-4-12-26-15)28-21-13-22(24(31(34)35)14-23(21)30(32)33)29-20-6-3-2-5-19(20)27-17-10-8-16(25)9-11-17/h2-14,27-29H,1H3. The van der Waals surface area contributed by atoms with E-state index in [4.69, 9.17) is 0 Å². The highest BCUT2D eigenvalue weighted by Crippen LogP contribution is 2.40. The normalized spacial score (nSPS) is 10.5. The van der Waals surface area contributed by atoms with Crippen LogP contribution in [0.1, 0.15) is 5.69 Å². The summed E-state index contributed by atoms with van der Waals surface area (Å²) in [5.74, 6) is -0.382. The van der Waals surface area contributed by atoms with Crippen molar-refractivity contribution in [1.29, 1.82) is 0 Å². The van der Waals surface area contributed by atoms with E-state index in [0.29, 0.717) is 28.4 Å². The number of rotatable bonds is 8. The fraction of sp³-hybridized carbons (Fsp3) is 0.0417. The van der Waals surface area contributed by atoms with Crippen LogP contribution in [0.25, 0.3) is 0 Å². The lowest BCUT2D eigenvalue weighted by atomic mass is 10.1. The van der Waals surface area contributed by atoms with Gasteiger partial charge in [0, 0.05) is 11.9 Å². The van der Waals surface area contributed by atoms with Gasteiger partial charge in [-0.25, -0.2) is 4.39 Å². The third-order valence-electron chi connectivity index (χ3n) is 5.10. The topological polar surface area (TPSA) is 135 Å². The average molecular weight is 474 g/mol. The molecule has 0 saturated carbocycles. The molecule has 3 N–H and O–H groups in total. The predicted octanol–water partition coefficient (Wildman–Crippen LogP) is 6.58. The maximum Gasteiger partial charge on any atom is 0.299 e. The van der Waals surface area contributed by atoms with Gasteiger partial charge in [0.2, 0.25) is 0 Å². The number of nitrogens with zero attached hydrogens (tertiary/aromatic N) is 3. The van der Waals surface area contributed by atoms with Crippen LogP contribution in [-0.4, -0.2) is 14.8 Å². The second kappa shape index (κ2) is 9.83. The number of hydrogen-bond donors (Lipinski definition) is 3. The number of halogens is 1. The van der Waals surface area contributed by atoms with Crippen LogP contribution < -0.4 is 16.0 Å². The monoisotopic (exact) mass is 474 g/mol. The number of aromatic nitrogens is 1. The largest absolute Gasteiger partial charge is 0.354 e. The summed E-state index contributed by atoms with van der Waals surface area (Å²) in [6.07, 6.45) is 1.59. The maximum atomic E-state index is 13.3. The van der Waals surface area contributed by atoms with Gasteiger partial charge in [0.1, 0.15) is 17.2 Å². The molecule has 0 unspecified atom stereocenters. The van der Waals surface area contributed by atoms with Crippen molar-refractivity contribution in [2.45, 2.75) is 6.92 Å². The molecular weight excluding hydrogens is 455 g/mol. The minimum atomic E-state index is -0.690. The molecule has 0 fully saturated rings. The number of hydrogen-bond acceptors (Lipinski definition) is 8. The van der Waals surface area contributed by atoms with Crippen molar-refractivity contribution in [3.8, 4) is 0 Å². The number of benzene rings is 3. The van der Waals surface area contributed by atoms with E-state index in [2.05, 4.69) is 20.9 Å². The molecule has 1 aromatic heterocycles. The van der Waals surface area contributed by atoms with E-state index in [1.54, 1.807) is 61.7 Å². The van der Waals surface area contributed by atoms with Crippen molar-refractivity contribution in [2.24, 2.45) is 0 Å². The predicted molar refractivity (Wildman–Crippen MR) is 131 cm³/mol. The molecule has 10 nitrogen and oxygen atoms in total. The Hall–Kier alpha value is -5.06. The van der Waals surface area contributed by atoms with Gasteiger partial charge in [0.25, 0.3) is 11.4 Å². The second-order valence-corrected chi connectivity index (χ2v) is 7.46. The smallest absolute Gasteiger partial charge is 0.299 e. The third-order valence-corrected chi connectivity index (χ3v) is 5.10. The molecule has 1 heterocycles. The van der Waals surface area contributed by atoms with Gasteiger partial charge in [-0.15, -0.1) is 0 Å². The molecule has 0 aliphatic rings. The van der Waals surface area contributed by atoms with Gasteiger partial charge in [0.05, 0.1) is 38.7 Å². The van der Waals surface area contributed by atoms with Crippen LogP contribution in [0.4, 0.5) is 49.9 Å². The number of nitrogens with one attached hydrogen (secondary N) is 3. The zero-order valence-electron chi connectivity index (χ0n) is 18.4. The zero-order valence-corrected chi connectivity index (χ0v) is 18.4. The van der Waals surface area contributed by atoms with Crippen molar-refractivity contribution >= 4 is 45.5 Å². The molecule has 176 valence electrons. The van der Waals surface area contributed by atoms with E-state index in [9.17, 15) is 24.6 Å². The Balaban J connectivity index is 1.75. The first-order chi connectivity index (χ1) is 16.8. The third kappa shape index (κ3) is 5.30. The van der Waals surface area contributed by atoms with Crippen molar-refractivity contribution in [3.05, 3.63) is 111 Å². The molecule has 4 aromatic rings. The van der Waals surface area contributed by atoms with Crippen molar-refractivity contribution in [3.63, 3.8) is 0 Å². The Morgan fingerprint density at radius 3 is 1.83 bits per heavy atom. The highest BCUT2D eigenvalue weighted by molar-refractivity contribution is 5.86. The average Bonchev–Trinajstić information content (AvgIpc) is 2.83. The Kier molecular flexibility index (Phi) is 6.49. The molecule has 0 radical (unpaired) electrons. The number of nitro benzene ring substituents is 2. The molecule has 0 bridgehead atoms. The highest BCUT2D eigenvalue weighted by Gasteiger charge is 2.25. The van der Waals surface area contributed by atoms with Gasteiger partial charge in [-0.2, -0.15) is 0 Å². The Labute approximate surface area is 198 Å². The SMILES string of the molecule is Cc1ncccc1Nc1cc(Nc2ccccc2Nc2ccc(F)cc2)c([N+](=O)[O-])cc1[N+](=O)[O-]. The van der Waals surface area contributed by atoms with Crippen LogP contribution >= 0.6 is 0 Å². The van der Waals surface area contributed by atoms with Crippen LogP contribution in [0.2, 0.25) is 0 Å². The maximum absolute atomic E-state index is 13.3. The number of nitro groups is 2. The Morgan fingerprint density at radius 1 is 0.714 bits per heavy atom. The summed E-state index contributed by atoms with van der Waals surface area (Å²) in [7, 11) is 0.